The number of halogens is 2. The van der Waals surface area contributed by atoms with E-state index in [1.54, 1.807) is 27.7 Å². The Bertz CT molecular complexity index is 1050. The van der Waals surface area contributed by atoms with Gasteiger partial charge in [-0.1, -0.05) is 24.3 Å². The summed E-state index contributed by atoms with van der Waals surface area (Å²) in [5.41, 5.74) is 2.31. The van der Waals surface area contributed by atoms with Crippen LogP contribution in [-0.4, -0.2) is 58.9 Å². The number of fused-ring (bicyclic) bond motifs is 1. The number of rotatable bonds is 7. The zero-order valence-electron chi connectivity index (χ0n) is 17.2. The topological polar surface area (TPSA) is 50.6 Å². The molecule has 1 saturated heterocycles. The van der Waals surface area contributed by atoms with Crippen molar-refractivity contribution >= 4 is 34.4 Å². The van der Waals surface area contributed by atoms with Crippen LogP contribution in [0.4, 0.5) is 14.5 Å². The first-order valence-corrected chi connectivity index (χ1v) is 11.1. The van der Waals surface area contributed by atoms with E-state index < -0.39 is 5.76 Å². The molecule has 0 aliphatic carbocycles. The van der Waals surface area contributed by atoms with Crippen LogP contribution in [0.5, 0.6) is 5.75 Å². The Morgan fingerprint density at radius 1 is 1.10 bits per heavy atom. The summed E-state index contributed by atoms with van der Waals surface area (Å²) in [5, 5.41) is 0.161. The summed E-state index contributed by atoms with van der Waals surface area (Å²) in [5.74, 6) is -1.86. The van der Waals surface area contributed by atoms with Gasteiger partial charge in [-0.3, -0.25) is 4.79 Å². The van der Waals surface area contributed by atoms with Gasteiger partial charge in [-0.25, -0.2) is 4.98 Å². The van der Waals surface area contributed by atoms with E-state index >= 15 is 0 Å². The summed E-state index contributed by atoms with van der Waals surface area (Å²) < 4.78 is 33.3. The number of anilines is 1. The number of hydrogen-bond donors (Lipinski definition) is 0. The molecule has 0 atom stereocenters. The smallest absolute Gasteiger partial charge is 0.291 e. The lowest BCUT2D eigenvalue weighted by Gasteiger charge is -2.36. The number of nitrogens with zero attached hydrogens (tertiary/aromatic N) is 4. The monoisotopic (exact) mass is 446 g/mol. The van der Waals surface area contributed by atoms with Crippen molar-refractivity contribution in [2.75, 3.05) is 37.7 Å². The van der Waals surface area contributed by atoms with Gasteiger partial charge in [-0.2, -0.15) is 8.78 Å². The minimum atomic E-state index is -2.60. The van der Waals surface area contributed by atoms with Crippen LogP contribution >= 0.6 is 11.8 Å². The fraction of sp³-hybridized carbons (Fsp3) is 0.364. The third kappa shape index (κ3) is 4.76. The average Bonchev–Trinajstić information content (AvgIpc) is 3.11. The van der Waals surface area contributed by atoms with Crippen molar-refractivity contribution in [2.24, 2.45) is 0 Å². The highest BCUT2D eigenvalue weighted by molar-refractivity contribution is 7.99. The molecule has 1 amide bonds. The lowest BCUT2D eigenvalue weighted by atomic mass is 10.2. The van der Waals surface area contributed by atoms with Crippen molar-refractivity contribution in [3.63, 3.8) is 0 Å². The first-order valence-electron chi connectivity index (χ1n) is 10.2. The van der Waals surface area contributed by atoms with Gasteiger partial charge in [0.25, 0.3) is 5.76 Å². The Labute approximate surface area is 183 Å². The van der Waals surface area contributed by atoms with E-state index in [0.29, 0.717) is 55.6 Å². The molecule has 0 radical (unpaired) electrons. The van der Waals surface area contributed by atoms with Gasteiger partial charge in [-0.15, -0.1) is 0 Å². The molecular weight excluding hydrogens is 422 g/mol. The highest BCUT2D eigenvalue weighted by Crippen LogP contribution is 2.30. The van der Waals surface area contributed by atoms with E-state index in [4.69, 9.17) is 4.74 Å². The molecule has 164 valence electrons. The molecular formula is C22H24F2N4O2S. The second-order valence-corrected chi connectivity index (χ2v) is 8.07. The van der Waals surface area contributed by atoms with E-state index in [0.717, 1.165) is 11.4 Å². The summed E-state index contributed by atoms with van der Waals surface area (Å²) in [7, 11) is 0. The van der Waals surface area contributed by atoms with Crippen LogP contribution in [0.2, 0.25) is 0 Å². The first kappa shape index (κ1) is 21.4. The summed E-state index contributed by atoms with van der Waals surface area (Å²) in [6.45, 7) is 5.01. The Hall–Kier alpha value is -2.81. The molecule has 1 aliphatic heterocycles. The van der Waals surface area contributed by atoms with Gasteiger partial charge in [0.15, 0.2) is 5.16 Å². The molecule has 0 bridgehead atoms. The molecule has 6 nitrogen and oxygen atoms in total. The molecule has 4 rings (SSSR count). The molecule has 3 aromatic rings. The number of carbonyl (C=O) groups is 1. The van der Waals surface area contributed by atoms with Crippen LogP contribution in [0.25, 0.3) is 11.0 Å². The number of benzene rings is 2. The molecule has 1 aliphatic rings. The minimum absolute atomic E-state index is 0.00883. The van der Waals surface area contributed by atoms with Crippen LogP contribution < -0.4 is 9.64 Å². The number of hydrogen-bond acceptors (Lipinski definition) is 5. The van der Waals surface area contributed by atoms with E-state index in [1.165, 1.54) is 0 Å². The fourth-order valence-corrected chi connectivity index (χ4v) is 4.40. The van der Waals surface area contributed by atoms with Crippen LogP contribution in [0, 0.1) is 0 Å². The van der Waals surface area contributed by atoms with Crippen molar-refractivity contribution in [3.05, 3.63) is 48.5 Å². The highest BCUT2D eigenvalue weighted by atomic mass is 32.2. The molecule has 0 N–H and O–H groups in total. The first-order chi connectivity index (χ1) is 15.1. The molecule has 9 heteroatoms. The summed E-state index contributed by atoms with van der Waals surface area (Å²) in [6.07, 6.45) is 0. The number of imidazole rings is 1. The van der Waals surface area contributed by atoms with Crippen LogP contribution in [0.15, 0.2) is 53.7 Å². The van der Waals surface area contributed by atoms with Crippen molar-refractivity contribution in [1.82, 2.24) is 14.5 Å². The maximum absolute atomic E-state index is 13.0. The lowest BCUT2D eigenvalue weighted by Crippen LogP contribution is -2.49. The third-order valence-corrected chi connectivity index (χ3v) is 5.95. The summed E-state index contributed by atoms with van der Waals surface area (Å²) in [6, 6.07) is 15.1. The van der Waals surface area contributed by atoms with Gasteiger partial charge < -0.3 is 19.1 Å². The predicted molar refractivity (Wildman–Crippen MR) is 118 cm³/mol. The number of ether oxygens (including phenoxy) is 1. The maximum Gasteiger partial charge on any atom is 0.291 e. The zero-order valence-corrected chi connectivity index (χ0v) is 18.0. The summed E-state index contributed by atoms with van der Waals surface area (Å²) in [4.78, 5) is 21.3. The average molecular weight is 447 g/mol. The van der Waals surface area contributed by atoms with E-state index in [-0.39, 0.29) is 17.6 Å². The quantitative estimate of drug-likeness (QED) is 0.512. The number of amides is 1. The molecule has 2 aromatic carbocycles. The molecule has 2 heterocycles. The van der Waals surface area contributed by atoms with Gasteiger partial charge in [-0.05, 0) is 43.0 Å². The van der Waals surface area contributed by atoms with Gasteiger partial charge in [0.05, 0.1) is 23.3 Å². The van der Waals surface area contributed by atoms with Crippen LogP contribution in [0.3, 0.4) is 0 Å². The Morgan fingerprint density at radius 2 is 1.81 bits per heavy atom. The number of alkyl halides is 2. The van der Waals surface area contributed by atoms with Gasteiger partial charge >= 0.3 is 0 Å². The van der Waals surface area contributed by atoms with E-state index in [9.17, 15) is 13.6 Å². The largest absolute Gasteiger partial charge is 0.492 e. The minimum Gasteiger partial charge on any atom is -0.492 e. The lowest BCUT2D eigenvalue weighted by molar-refractivity contribution is -0.132. The second kappa shape index (κ2) is 9.55. The number of para-hydroxylation sites is 4. The van der Waals surface area contributed by atoms with Crippen LogP contribution in [-0.2, 0) is 11.3 Å². The standard InChI is InChI=1S/C22H24F2N4O2S/c1-2-30-19-10-6-5-9-18(19)26-11-13-27(14-12-26)20(29)15-28-17-8-4-3-7-16(17)25-22(28)31-21(23)24/h3-10,21H,2,11-15H2,1H3. The zero-order chi connectivity index (χ0) is 21.8. The molecule has 31 heavy (non-hydrogen) atoms. The maximum atomic E-state index is 13.0. The van der Waals surface area contributed by atoms with Gasteiger partial charge in [0.2, 0.25) is 5.91 Å². The number of thioether (sulfide) groups is 1. The van der Waals surface area contributed by atoms with Crippen molar-refractivity contribution in [1.29, 1.82) is 0 Å². The third-order valence-electron chi connectivity index (χ3n) is 5.25. The SMILES string of the molecule is CCOc1ccccc1N1CCN(C(=O)Cn2c(SC(F)F)nc3ccccc32)CC1. The number of carbonyl (C=O) groups excluding carboxylic acids is 1. The van der Waals surface area contributed by atoms with Crippen molar-refractivity contribution in [3.8, 4) is 5.75 Å². The normalized spacial score (nSPS) is 14.5. The van der Waals surface area contributed by atoms with Crippen molar-refractivity contribution < 1.29 is 18.3 Å². The van der Waals surface area contributed by atoms with E-state index in [2.05, 4.69) is 9.88 Å². The van der Waals surface area contributed by atoms with Gasteiger partial charge in [0, 0.05) is 26.2 Å². The number of piperazine rings is 1. The molecule has 0 saturated carbocycles. The highest BCUT2D eigenvalue weighted by Gasteiger charge is 2.25. The number of aromatic nitrogens is 2. The Morgan fingerprint density at radius 3 is 2.55 bits per heavy atom. The van der Waals surface area contributed by atoms with Gasteiger partial charge in [0.1, 0.15) is 12.3 Å². The van der Waals surface area contributed by atoms with E-state index in [1.807, 2.05) is 37.3 Å². The fourth-order valence-electron chi connectivity index (χ4n) is 3.80. The molecule has 0 spiro atoms. The predicted octanol–water partition coefficient (Wildman–Crippen LogP) is 4.10. The molecule has 1 fully saturated rings. The second-order valence-electron chi connectivity index (χ2n) is 7.12. The van der Waals surface area contributed by atoms with Crippen LogP contribution in [0.1, 0.15) is 6.92 Å². The molecule has 0 unspecified atom stereocenters. The molecule has 1 aromatic heterocycles. The summed E-state index contributed by atoms with van der Waals surface area (Å²) >= 11 is 0.369. The Kier molecular flexibility index (Phi) is 6.60. The van der Waals surface area contributed by atoms with Crippen molar-refractivity contribution in [2.45, 2.75) is 24.4 Å². The Balaban J connectivity index is 1.46.